The van der Waals surface area contributed by atoms with Gasteiger partial charge < -0.3 is 15.2 Å². The van der Waals surface area contributed by atoms with Crippen molar-refractivity contribution in [2.75, 3.05) is 13.7 Å². The van der Waals surface area contributed by atoms with Gasteiger partial charge in [-0.15, -0.1) is 0 Å². The molecule has 0 aromatic heterocycles. The Labute approximate surface area is 131 Å². The summed E-state index contributed by atoms with van der Waals surface area (Å²) in [6.07, 6.45) is 3.10. The van der Waals surface area contributed by atoms with E-state index in [0.29, 0.717) is 5.92 Å². The molecule has 0 heterocycles. The highest BCUT2D eigenvalue weighted by Crippen LogP contribution is 2.34. The van der Waals surface area contributed by atoms with Crippen LogP contribution >= 0.6 is 31.9 Å². The number of hydrogen-bond donors (Lipinski definition) is 2. The Morgan fingerprint density at radius 2 is 2.00 bits per heavy atom. The van der Waals surface area contributed by atoms with Gasteiger partial charge >= 0.3 is 0 Å². The van der Waals surface area contributed by atoms with Crippen molar-refractivity contribution in [3.63, 3.8) is 0 Å². The molecule has 2 atom stereocenters. The molecule has 3 nitrogen and oxygen atoms in total. The predicted molar refractivity (Wildman–Crippen MR) is 83.4 cm³/mol. The standard InChI is InChI=1S/C14H19Br2NO2/c1-19-14-11(15)5-9(6-12(14)16)7-17-8-10-3-2-4-13(10)18/h5-6,10,13,17-18H,2-4,7-8H2,1H3. The fraction of sp³-hybridized carbons (Fsp3) is 0.571. The van der Waals surface area contributed by atoms with E-state index in [1.807, 2.05) is 0 Å². The Bertz CT molecular complexity index is 416. The average molecular weight is 393 g/mol. The van der Waals surface area contributed by atoms with E-state index in [4.69, 9.17) is 4.74 Å². The monoisotopic (exact) mass is 391 g/mol. The van der Waals surface area contributed by atoms with E-state index < -0.39 is 0 Å². The van der Waals surface area contributed by atoms with Crippen molar-refractivity contribution < 1.29 is 9.84 Å². The molecule has 5 heteroatoms. The molecule has 2 rings (SSSR count). The molecule has 1 saturated carbocycles. The summed E-state index contributed by atoms with van der Waals surface area (Å²) in [6.45, 7) is 1.67. The number of methoxy groups -OCH3 is 1. The Morgan fingerprint density at radius 1 is 1.32 bits per heavy atom. The van der Waals surface area contributed by atoms with E-state index >= 15 is 0 Å². The Balaban J connectivity index is 1.89. The zero-order chi connectivity index (χ0) is 13.8. The molecular weight excluding hydrogens is 374 g/mol. The van der Waals surface area contributed by atoms with Gasteiger partial charge in [0.05, 0.1) is 22.2 Å². The highest BCUT2D eigenvalue weighted by atomic mass is 79.9. The first-order valence-electron chi connectivity index (χ1n) is 6.52. The van der Waals surface area contributed by atoms with Crippen LogP contribution in [0.4, 0.5) is 0 Å². The summed E-state index contributed by atoms with van der Waals surface area (Å²) < 4.78 is 7.18. The zero-order valence-electron chi connectivity index (χ0n) is 11.0. The molecule has 2 unspecified atom stereocenters. The lowest BCUT2D eigenvalue weighted by atomic mass is 10.1. The first kappa shape index (κ1) is 15.3. The van der Waals surface area contributed by atoms with Crippen LogP contribution in [0, 0.1) is 5.92 Å². The summed E-state index contributed by atoms with van der Waals surface area (Å²) in [6, 6.07) is 4.11. The topological polar surface area (TPSA) is 41.5 Å². The molecule has 0 radical (unpaired) electrons. The minimum absolute atomic E-state index is 0.123. The number of rotatable bonds is 5. The molecule has 106 valence electrons. The largest absolute Gasteiger partial charge is 0.494 e. The summed E-state index contributed by atoms with van der Waals surface area (Å²) in [7, 11) is 1.66. The van der Waals surface area contributed by atoms with Crippen molar-refractivity contribution in [3.8, 4) is 5.75 Å². The van der Waals surface area contributed by atoms with Gasteiger partial charge in [-0.1, -0.05) is 6.42 Å². The summed E-state index contributed by atoms with van der Waals surface area (Å²) in [5, 5.41) is 13.2. The van der Waals surface area contributed by atoms with Crippen molar-refractivity contribution in [2.45, 2.75) is 31.9 Å². The zero-order valence-corrected chi connectivity index (χ0v) is 14.1. The fourth-order valence-corrected chi connectivity index (χ4v) is 4.17. The number of hydrogen-bond acceptors (Lipinski definition) is 3. The molecule has 0 amide bonds. The van der Waals surface area contributed by atoms with Crippen LogP contribution in [-0.2, 0) is 6.54 Å². The lowest BCUT2D eigenvalue weighted by Crippen LogP contribution is -2.27. The minimum atomic E-state index is -0.123. The van der Waals surface area contributed by atoms with Crippen LogP contribution in [0.5, 0.6) is 5.75 Å². The number of aliphatic hydroxyl groups is 1. The van der Waals surface area contributed by atoms with Gasteiger partial charge in [0.25, 0.3) is 0 Å². The van der Waals surface area contributed by atoms with Crippen LogP contribution in [-0.4, -0.2) is 24.9 Å². The molecule has 1 fully saturated rings. The second kappa shape index (κ2) is 7.07. The first-order valence-corrected chi connectivity index (χ1v) is 8.11. The molecular formula is C14H19Br2NO2. The Hall–Kier alpha value is -0.100. The summed E-state index contributed by atoms with van der Waals surface area (Å²) in [4.78, 5) is 0. The normalized spacial score (nSPS) is 22.7. The Morgan fingerprint density at radius 3 is 2.53 bits per heavy atom. The van der Waals surface area contributed by atoms with Gasteiger partial charge in [-0.3, -0.25) is 0 Å². The van der Waals surface area contributed by atoms with E-state index in [-0.39, 0.29) is 6.10 Å². The van der Waals surface area contributed by atoms with Gasteiger partial charge in [0, 0.05) is 13.1 Å². The van der Waals surface area contributed by atoms with Gasteiger partial charge in [0.1, 0.15) is 5.75 Å². The van der Waals surface area contributed by atoms with Crippen LogP contribution in [0.3, 0.4) is 0 Å². The lowest BCUT2D eigenvalue weighted by molar-refractivity contribution is 0.131. The van der Waals surface area contributed by atoms with Crippen molar-refractivity contribution in [3.05, 3.63) is 26.6 Å². The fourth-order valence-electron chi connectivity index (χ4n) is 2.57. The van der Waals surface area contributed by atoms with Crippen molar-refractivity contribution in [1.82, 2.24) is 5.32 Å². The molecule has 1 aliphatic rings. The predicted octanol–water partition coefficient (Wildman–Crippen LogP) is 3.47. The third kappa shape index (κ3) is 3.94. The molecule has 1 aliphatic carbocycles. The highest BCUT2D eigenvalue weighted by molar-refractivity contribution is 9.11. The maximum atomic E-state index is 9.77. The number of ether oxygens (including phenoxy) is 1. The SMILES string of the molecule is COc1c(Br)cc(CNCC2CCCC2O)cc1Br. The summed E-state index contributed by atoms with van der Waals surface area (Å²) >= 11 is 7.01. The van der Waals surface area contributed by atoms with Gasteiger partial charge in [0.2, 0.25) is 0 Å². The molecule has 0 bridgehead atoms. The van der Waals surface area contributed by atoms with Crippen molar-refractivity contribution in [1.29, 1.82) is 0 Å². The summed E-state index contributed by atoms with van der Waals surface area (Å²) in [5.74, 6) is 1.22. The second-order valence-corrected chi connectivity index (χ2v) is 6.69. The molecule has 2 N–H and O–H groups in total. The number of halogens is 2. The molecule has 1 aromatic rings. The quantitative estimate of drug-likeness (QED) is 0.805. The van der Waals surface area contributed by atoms with Crippen molar-refractivity contribution in [2.24, 2.45) is 5.92 Å². The van der Waals surface area contributed by atoms with Gasteiger partial charge in [-0.25, -0.2) is 0 Å². The van der Waals surface area contributed by atoms with Gasteiger partial charge in [-0.05, 0) is 68.3 Å². The summed E-state index contributed by atoms with van der Waals surface area (Å²) in [5.41, 5.74) is 1.19. The van der Waals surface area contributed by atoms with E-state index in [9.17, 15) is 5.11 Å². The molecule has 0 saturated heterocycles. The van der Waals surface area contributed by atoms with Crippen molar-refractivity contribution >= 4 is 31.9 Å². The molecule has 1 aromatic carbocycles. The second-order valence-electron chi connectivity index (χ2n) is 4.98. The smallest absolute Gasteiger partial charge is 0.147 e. The third-order valence-corrected chi connectivity index (χ3v) is 4.79. The number of nitrogens with one attached hydrogen (secondary N) is 1. The van der Waals surface area contributed by atoms with Gasteiger partial charge in [-0.2, -0.15) is 0 Å². The van der Waals surface area contributed by atoms with E-state index in [1.54, 1.807) is 7.11 Å². The third-order valence-electron chi connectivity index (χ3n) is 3.62. The average Bonchev–Trinajstić information content (AvgIpc) is 2.75. The molecule has 0 spiro atoms. The number of aliphatic hydroxyl groups excluding tert-OH is 1. The van der Waals surface area contributed by atoms with E-state index in [2.05, 4.69) is 49.3 Å². The highest BCUT2D eigenvalue weighted by Gasteiger charge is 2.24. The van der Waals surface area contributed by atoms with Crippen LogP contribution in [0.1, 0.15) is 24.8 Å². The minimum Gasteiger partial charge on any atom is -0.494 e. The molecule has 0 aliphatic heterocycles. The Kier molecular flexibility index (Phi) is 5.69. The van der Waals surface area contributed by atoms with Crippen LogP contribution in [0.2, 0.25) is 0 Å². The molecule has 19 heavy (non-hydrogen) atoms. The number of benzene rings is 1. The van der Waals surface area contributed by atoms with Crippen LogP contribution in [0.15, 0.2) is 21.1 Å². The maximum Gasteiger partial charge on any atom is 0.147 e. The lowest BCUT2D eigenvalue weighted by Gasteiger charge is -2.15. The van der Waals surface area contributed by atoms with E-state index in [0.717, 1.165) is 47.0 Å². The maximum absolute atomic E-state index is 9.77. The van der Waals surface area contributed by atoms with Crippen LogP contribution < -0.4 is 10.1 Å². The first-order chi connectivity index (χ1) is 9.11. The van der Waals surface area contributed by atoms with Gasteiger partial charge in [0.15, 0.2) is 0 Å². The van der Waals surface area contributed by atoms with E-state index in [1.165, 1.54) is 5.56 Å². The van der Waals surface area contributed by atoms with Crippen LogP contribution in [0.25, 0.3) is 0 Å².